The minimum atomic E-state index is -1.60. The zero-order valence-corrected chi connectivity index (χ0v) is 18.0. The fourth-order valence-corrected chi connectivity index (χ4v) is 3.13. The third-order valence-corrected chi connectivity index (χ3v) is 4.85. The van der Waals surface area contributed by atoms with Gasteiger partial charge in [0.2, 0.25) is 0 Å². The maximum absolute atomic E-state index is 14.0. The van der Waals surface area contributed by atoms with E-state index in [4.69, 9.17) is 5.26 Å². The van der Waals surface area contributed by atoms with Crippen LogP contribution in [-0.4, -0.2) is 44.9 Å². The zero-order valence-electron chi connectivity index (χ0n) is 18.0. The number of halogens is 1. The molecular weight excluding hydrogens is 397 g/mol. The first-order valence-electron chi connectivity index (χ1n) is 10.0. The van der Waals surface area contributed by atoms with E-state index in [1.54, 1.807) is 18.2 Å². The number of carbonyl (C=O) groups excluding carboxylic acids is 1. The summed E-state index contributed by atoms with van der Waals surface area (Å²) in [6.07, 6.45) is 1.70. The SMILES string of the molecule is CC(C)Nc1cc(-n2ccc3cc(C#N)ccc32)ncc1C(=O)NCC(F)C(C)(C)O. The van der Waals surface area contributed by atoms with E-state index in [0.29, 0.717) is 17.1 Å². The second kappa shape index (κ2) is 8.74. The zero-order chi connectivity index (χ0) is 22.8. The Morgan fingerprint density at radius 2 is 2.06 bits per heavy atom. The summed E-state index contributed by atoms with van der Waals surface area (Å²) in [5.41, 5.74) is 0.750. The van der Waals surface area contributed by atoms with Gasteiger partial charge in [0.1, 0.15) is 12.0 Å². The highest BCUT2D eigenvalue weighted by atomic mass is 19.1. The summed E-state index contributed by atoms with van der Waals surface area (Å²) >= 11 is 0. The summed E-state index contributed by atoms with van der Waals surface area (Å²) in [5, 5.41) is 25.5. The van der Waals surface area contributed by atoms with Crippen LogP contribution in [0, 0.1) is 11.3 Å². The number of carbonyl (C=O) groups is 1. The Kier molecular flexibility index (Phi) is 6.27. The number of amides is 1. The Balaban J connectivity index is 1.93. The first kappa shape index (κ1) is 22.2. The number of anilines is 1. The van der Waals surface area contributed by atoms with Crippen molar-refractivity contribution in [3.63, 3.8) is 0 Å². The first-order valence-corrected chi connectivity index (χ1v) is 10.0. The number of aliphatic hydroxyl groups is 1. The lowest BCUT2D eigenvalue weighted by molar-refractivity contribution is -0.00177. The number of nitriles is 1. The van der Waals surface area contributed by atoms with Crippen molar-refractivity contribution in [3.8, 4) is 11.9 Å². The van der Waals surface area contributed by atoms with Crippen LogP contribution in [0.3, 0.4) is 0 Å². The normalized spacial score (nSPS) is 12.6. The summed E-state index contributed by atoms with van der Waals surface area (Å²) in [7, 11) is 0. The van der Waals surface area contributed by atoms with Gasteiger partial charge in [-0.1, -0.05) is 0 Å². The molecule has 0 fully saturated rings. The Labute approximate surface area is 180 Å². The van der Waals surface area contributed by atoms with Gasteiger partial charge in [0.15, 0.2) is 0 Å². The standard InChI is InChI=1S/C23H26FN5O2/c1-14(2)28-18-10-21(29-8-7-16-9-15(11-25)5-6-19(16)29)26-12-17(18)22(30)27-13-20(24)23(3,4)31/h5-10,12,14,20,31H,13H2,1-4H3,(H,26,28)(H,27,30). The van der Waals surface area contributed by atoms with Gasteiger partial charge in [0, 0.05) is 29.9 Å². The van der Waals surface area contributed by atoms with E-state index in [1.165, 1.54) is 20.0 Å². The average molecular weight is 423 g/mol. The summed E-state index contributed by atoms with van der Waals surface area (Å²) in [5.74, 6) is 0.115. The van der Waals surface area contributed by atoms with Crippen LogP contribution in [0.5, 0.6) is 0 Å². The number of rotatable bonds is 7. The number of pyridine rings is 1. The second-order valence-electron chi connectivity index (χ2n) is 8.29. The Morgan fingerprint density at radius 1 is 1.32 bits per heavy atom. The van der Waals surface area contributed by atoms with Crippen LogP contribution in [0.1, 0.15) is 43.6 Å². The first-order chi connectivity index (χ1) is 14.6. The largest absolute Gasteiger partial charge is 0.387 e. The lowest BCUT2D eigenvalue weighted by Gasteiger charge is -2.23. The molecule has 1 unspecified atom stereocenters. The van der Waals surface area contributed by atoms with Crippen molar-refractivity contribution in [2.45, 2.75) is 45.5 Å². The molecule has 0 aliphatic heterocycles. The smallest absolute Gasteiger partial charge is 0.255 e. The molecule has 0 saturated carbocycles. The van der Waals surface area contributed by atoms with Crippen molar-refractivity contribution >= 4 is 22.5 Å². The van der Waals surface area contributed by atoms with Gasteiger partial charge in [-0.25, -0.2) is 9.37 Å². The van der Waals surface area contributed by atoms with Crippen LogP contribution < -0.4 is 10.6 Å². The predicted octanol–water partition coefficient (Wildman–Crippen LogP) is 3.56. The van der Waals surface area contributed by atoms with Gasteiger partial charge in [-0.2, -0.15) is 5.26 Å². The number of nitrogens with zero attached hydrogens (tertiary/aromatic N) is 3. The number of hydrogen-bond donors (Lipinski definition) is 3. The molecule has 8 heteroatoms. The minimum Gasteiger partial charge on any atom is -0.387 e. The van der Waals surface area contributed by atoms with Gasteiger partial charge in [-0.05, 0) is 52.0 Å². The molecule has 1 amide bonds. The fourth-order valence-electron chi connectivity index (χ4n) is 3.13. The predicted molar refractivity (Wildman–Crippen MR) is 118 cm³/mol. The van der Waals surface area contributed by atoms with E-state index in [-0.39, 0.29) is 18.2 Å². The average Bonchev–Trinajstić information content (AvgIpc) is 3.13. The number of fused-ring (bicyclic) bond motifs is 1. The molecule has 31 heavy (non-hydrogen) atoms. The second-order valence-corrected chi connectivity index (χ2v) is 8.29. The molecule has 0 saturated heterocycles. The Morgan fingerprint density at radius 3 is 2.71 bits per heavy atom. The summed E-state index contributed by atoms with van der Waals surface area (Å²) < 4.78 is 15.9. The summed E-state index contributed by atoms with van der Waals surface area (Å²) in [4.78, 5) is 17.1. The highest BCUT2D eigenvalue weighted by Crippen LogP contribution is 2.24. The van der Waals surface area contributed by atoms with Crippen molar-refractivity contribution in [2.24, 2.45) is 0 Å². The van der Waals surface area contributed by atoms with Crippen molar-refractivity contribution in [2.75, 3.05) is 11.9 Å². The quantitative estimate of drug-likeness (QED) is 0.539. The van der Waals surface area contributed by atoms with E-state index in [0.717, 1.165) is 10.9 Å². The molecule has 3 aromatic rings. The van der Waals surface area contributed by atoms with Crippen molar-refractivity contribution in [1.29, 1.82) is 5.26 Å². The molecule has 1 atom stereocenters. The molecule has 1 aromatic carbocycles. The van der Waals surface area contributed by atoms with Crippen LogP contribution >= 0.6 is 0 Å². The molecule has 3 rings (SSSR count). The van der Waals surface area contributed by atoms with Crippen molar-refractivity contribution in [1.82, 2.24) is 14.9 Å². The summed E-state index contributed by atoms with van der Waals surface area (Å²) in [6.45, 7) is 6.29. The van der Waals surface area contributed by atoms with E-state index >= 15 is 0 Å². The molecule has 0 radical (unpaired) electrons. The molecule has 0 aliphatic carbocycles. The monoisotopic (exact) mass is 423 g/mol. The Hall–Kier alpha value is -3.44. The minimum absolute atomic E-state index is 0.0479. The van der Waals surface area contributed by atoms with Gasteiger partial charge in [0.25, 0.3) is 5.91 Å². The molecule has 0 aliphatic rings. The Bertz CT molecular complexity index is 1140. The van der Waals surface area contributed by atoms with Gasteiger partial charge in [-0.3, -0.25) is 4.79 Å². The van der Waals surface area contributed by atoms with Crippen molar-refractivity contribution in [3.05, 3.63) is 53.9 Å². The van der Waals surface area contributed by atoms with Crippen LogP contribution in [0.4, 0.5) is 10.1 Å². The van der Waals surface area contributed by atoms with Gasteiger partial charge >= 0.3 is 0 Å². The maximum atomic E-state index is 14.0. The van der Waals surface area contributed by atoms with E-state index < -0.39 is 17.7 Å². The fraction of sp³-hybridized carbons (Fsp3) is 0.348. The van der Waals surface area contributed by atoms with E-state index in [1.807, 2.05) is 36.7 Å². The third-order valence-electron chi connectivity index (χ3n) is 4.85. The number of nitrogens with one attached hydrogen (secondary N) is 2. The molecule has 2 aromatic heterocycles. The van der Waals surface area contributed by atoms with E-state index in [9.17, 15) is 14.3 Å². The molecule has 162 valence electrons. The summed E-state index contributed by atoms with van der Waals surface area (Å²) in [6, 6.07) is 11.2. The van der Waals surface area contributed by atoms with Crippen LogP contribution in [0.25, 0.3) is 16.7 Å². The lowest BCUT2D eigenvalue weighted by atomic mass is 10.0. The van der Waals surface area contributed by atoms with Gasteiger partial charge in [0.05, 0.1) is 40.5 Å². The van der Waals surface area contributed by atoms with Crippen LogP contribution in [-0.2, 0) is 0 Å². The molecule has 0 bridgehead atoms. The highest BCUT2D eigenvalue weighted by molar-refractivity contribution is 5.99. The molecule has 0 spiro atoms. The van der Waals surface area contributed by atoms with Crippen LogP contribution in [0.2, 0.25) is 0 Å². The number of alkyl halides is 1. The molecule has 3 N–H and O–H groups in total. The van der Waals surface area contributed by atoms with Gasteiger partial charge in [-0.15, -0.1) is 0 Å². The topological polar surface area (TPSA) is 103 Å². The molecular formula is C23H26FN5O2. The van der Waals surface area contributed by atoms with Crippen LogP contribution in [0.15, 0.2) is 42.7 Å². The van der Waals surface area contributed by atoms with E-state index in [2.05, 4.69) is 21.7 Å². The number of benzene rings is 1. The van der Waals surface area contributed by atoms with Gasteiger partial charge < -0.3 is 20.3 Å². The number of hydrogen-bond acceptors (Lipinski definition) is 5. The highest BCUT2D eigenvalue weighted by Gasteiger charge is 2.27. The lowest BCUT2D eigenvalue weighted by Crippen LogP contribution is -2.42. The molecule has 7 nitrogen and oxygen atoms in total. The molecule has 2 heterocycles. The van der Waals surface area contributed by atoms with Crippen molar-refractivity contribution < 1.29 is 14.3 Å². The number of aromatic nitrogens is 2. The maximum Gasteiger partial charge on any atom is 0.255 e. The third kappa shape index (κ3) is 5.01.